The van der Waals surface area contributed by atoms with E-state index in [0.29, 0.717) is 35.3 Å². The molecular formula is C30H27ClFN5O4. The molecule has 2 aromatic carbocycles. The fourth-order valence-electron chi connectivity index (χ4n) is 5.19. The number of carbonyl (C=O) groups is 1. The van der Waals surface area contributed by atoms with Gasteiger partial charge >= 0.3 is 5.97 Å². The van der Waals surface area contributed by atoms with E-state index in [0.717, 1.165) is 48.5 Å². The zero-order chi connectivity index (χ0) is 28.3. The van der Waals surface area contributed by atoms with Crippen LogP contribution in [0.3, 0.4) is 0 Å². The molecule has 1 fully saturated rings. The number of nitrogens with zero attached hydrogens (tertiary/aromatic N) is 5. The summed E-state index contributed by atoms with van der Waals surface area (Å²) in [6.45, 7) is 2.78. The van der Waals surface area contributed by atoms with Gasteiger partial charge in [0.05, 0.1) is 35.9 Å². The number of benzene rings is 2. The molecule has 0 radical (unpaired) electrons. The number of oxazole rings is 1. The molecule has 6 rings (SSSR count). The van der Waals surface area contributed by atoms with E-state index in [-0.39, 0.29) is 18.1 Å². The van der Waals surface area contributed by atoms with Gasteiger partial charge in [0.2, 0.25) is 5.88 Å². The lowest BCUT2D eigenvalue weighted by Crippen LogP contribution is -2.33. The van der Waals surface area contributed by atoms with Gasteiger partial charge in [-0.05, 0) is 62.3 Å². The Kier molecular flexibility index (Phi) is 7.67. The first kappa shape index (κ1) is 26.9. The van der Waals surface area contributed by atoms with E-state index in [9.17, 15) is 14.3 Å². The first-order chi connectivity index (χ1) is 19.9. The van der Waals surface area contributed by atoms with Crippen LogP contribution in [0.25, 0.3) is 11.0 Å². The molecule has 1 saturated heterocycles. The largest absolute Gasteiger partial charge is 0.478 e. The van der Waals surface area contributed by atoms with Crippen molar-refractivity contribution >= 4 is 28.6 Å². The van der Waals surface area contributed by atoms with E-state index in [1.807, 2.05) is 16.7 Å². The van der Waals surface area contributed by atoms with Crippen LogP contribution in [-0.4, -0.2) is 48.6 Å². The zero-order valence-electron chi connectivity index (χ0n) is 22.0. The Bertz CT molecular complexity index is 1680. The molecule has 3 aromatic heterocycles. The number of halogens is 2. The molecule has 0 saturated carbocycles. The number of aromatic carboxylic acids is 1. The smallest absolute Gasteiger partial charge is 0.335 e. The first-order valence-electron chi connectivity index (χ1n) is 13.3. The number of carboxylic acid groups (broad SMARTS) is 1. The van der Waals surface area contributed by atoms with Gasteiger partial charge in [-0.2, -0.15) is 0 Å². The van der Waals surface area contributed by atoms with Crippen molar-refractivity contribution in [1.29, 1.82) is 0 Å². The average Bonchev–Trinajstić information content (AvgIpc) is 3.61. The highest BCUT2D eigenvalue weighted by molar-refractivity contribution is 6.30. The van der Waals surface area contributed by atoms with Crippen molar-refractivity contribution < 1.29 is 23.4 Å². The summed E-state index contributed by atoms with van der Waals surface area (Å²) in [5, 5.41) is 9.84. The van der Waals surface area contributed by atoms with Crippen LogP contribution in [0.4, 0.5) is 4.39 Å². The summed E-state index contributed by atoms with van der Waals surface area (Å²) in [7, 11) is 0. The van der Waals surface area contributed by atoms with Crippen LogP contribution < -0.4 is 4.74 Å². The lowest BCUT2D eigenvalue weighted by Gasteiger charge is -2.31. The molecule has 41 heavy (non-hydrogen) atoms. The molecule has 0 aliphatic carbocycles. The maximum Gasteiger partial charge on any atom is 0.335 e. The van der Waals surface area contributed by atoms with Crippen LogP contribution in [-0.2, 0) is 19.7 Å². The standard InChI is InChI=1S/C30H27ClFN5O4/c31-22-6-4-21(24(32)13-22)17-40-29-3-1-2-25(35-29)19-8-10-36(11-9-19)16-28-34-26-7-5-20(30(38)39)12-27(26)37(28)15-23-14-33-18-41-23/h1-7,12-14,18-19H,8-11,15-17H2,(H,38,39). The normalized spacial score (nSPS) is 14.5. The third-order valence-corrected chi connectivity index (χ3v) is 7.61. The minimum atomic E-state index is -0.983. The number of pyridine rings is 1. The molecule has 0 unspecified atom stereocenters. The van der Waals surface area contributed by atoms with Gasteiger partial charge in [0.1, 0.15) is 24.0 Å². The second-order valence-corrected chi connectivity index (χ2v) is 10.5. The topological polar surface area (TPSA) is 107 Å². The summed E-state index contributed by atoms with van der Waals surface area (Å²) in [4.78, 5) is 27.5. The van der Waals surface area contributed by atoms with Crippen LogP contribution in [0.5, 0.6) is 5.88 Å². The number of carboxylic acids is 1. The Morgan fingerprint density at radius 1 is 1.10 bits per heavy atom. The van der Waals surface area contributed by atoms with E-state index in [1.54, 1.807) is 42.6 Å². The summed E-state index contributed by atoms with van der Waals surface area (Å²) >= 11 is 5.84. The van der Waals surface area contributed by atoms with Crippen molar-refractivity contribution in [2.24, 2.45) is 0 Å². The van der Waals surface area contributed by atoms with Crippen LogP contribution in [0.15, 0.2) is 71.6 Å². The van der Waals surface area contributed by atoms with Crippen molar-refractivity contribution in [2.75, 3.05) is 13.1 Å². The molecule has 1 N–H and O–H groups in total. The quantitative estimate of drug-likeness (QED) is 0.231. The van der Waals surface area contributed by atoms with Gasteiger partial charge < -0.3 is 18.8 Å². The van der Waals surface area contributed by atoms with Gasteiger partial charge in [-0.25, -0.2) is 24.1 Å². The minimum Gasteiger partial charge on any atom is -0.478 e. The van der Waals surface area contributed by atoms with E-state index in [4.69, 9.17) is 30.7 Å². The summed E-state index contributed by atoms with van der Waals surface area (Å²) in [6, 6.07) is 15.2. The molecular weight excluding hydrogens is 549 g/mol. The number of hydrogen-bond acceptors (Lipinski definition) is 7. The molecule has 11 heteroatoms. The van der Waals surface area contributed by atoms with E-state index in [2.05, 4.69) is 9.88 Å². The fourth-order valence-corrected chi connectivity index (χ4v) is 5.35. The van der Waals surface area contributed by atoms with Crippen LogP contribution in [0.1, 0.15) is 52.0 Å². The van der Waals surface area contributed by atoms with Crippen LogP contribution in [0.2, 0.25) is 5.02 Å². The van der Waals surface area contributed by atoms with E-state index in [1.165, 1.54) is 12.5 Å². The maximum atomic E-state index is 14.1. The molecule has 0 amide bonds. The molecule has 210 valence electrons. The fraction of sp³-hybridized carbons (Fsp3) is 0.267. The molecule has 9 nitrogen and oxygen atoms in total. The lowest BCUT2D eigenvalue weighted by molar-refractivity contribution is 0.0697. The van der Waals surface area contributed by atoms with E-state index < -0.39 is 11.8 Å². The summed E-state index contributed by atoms with van der Waals surface area (Å²) in [5.74, 6) is 0.840. The summed E-state index contributed by atoms with van der Waals surface area (Å²) < 4.78 is 27.4. The number of likely N-dealkylation sites (tertiary alicyclic amines) is 1. The number of ether oxygens (including phenoxy) is 1. The third-order valence-electron chi connectivity index (χ3n) is 7.38. The lowest BCUT2D eigenvalue weighted by atomic mass is 9.93. The first-order valence-corrected chi connectivity index (χ1v) is 13.7. The van der Waals surface area contributed by atoms with Gasteiger partial charge in [-0.1, -0.05) is 23.7 Å². The molecule has 0 spiro atoms. The van der Waals surface area contributed by atoms with Gasteiger partial charge in [0.15, 0.2) is 6.39 Å². The number of imidazole rings is 1. The molecule has 5 aromatic rings. The second-order valence-electron chi connectivity index (χ2n) is 10.1. The maximum absolute atomic E-state index is 14.1. The van der Waals surface area contributed by atoms with Gasteiger partial charge in [-0.15, -0.1) is 0 Å². The summed E-state index contributed by atoms with van der Waals surface area (Å²) in [5.41, 5.74) is 3.06. The second kappa shape index (κ2) is 11.7. The molecule has 0 atom stereocenters. The predicted molar refractivity (Wildman–Crippen MR) is 150 cm³/mol. The number of hydrogen-bond donors (Lipinski definition) is 1. The Labute approximate surface area is 240 Å². The van der Waals surface area contributed by atoms with E-state index >= 15 is 0 Å². The number of rotatable bonds is 9. The minimum absolute atomic E-state index is 0.0704. The molecule has 4 heterocycles. The Morgan fingerprint density at radius 3 is 2.71 bits per heavy atom. The van der Waals surface area contributed by atoms with Gasteiger partial charge in [0, 0.05) is 28.3 Å². The summed E-state index contributed by atoms with van der Waals surface area (Å²) in [6.07, 6.45) is 4.85. The highest BCUT2D eigenvalue weighted by Gasteiger charge is 2.24. The van der Waals surface area contributed by atoms with Crippen molar-refractivity contribution in [3.63, 3.8) is 0 Å². The van der Waals surface area contributed by atoms with Gasteiger partial charge in [0.25, 0.3) is 0 Å². The Morgan fingerprint density at radius 2 is 1.95 bits per heavy atom. The third kappa shape index (κ3) is 6.08. The Balaban J connectivity index is 1.13. The highest BCUT2D eigenvalue weighted by Crippen LogP contribution is 2.30. The van der Waals surface area contributed by atoms with Crippen LogP contribution in [0, 0.1) is 5.82 Å². The van der Waals surface area contributed by atoms with Gasteiger partial charge in [-0.3, -0.25) is 4.90 Å². The SMILES string of the molecule is O=C(O)c1ccc2nc(CN3CCC(c4cccc(OCc5ccc(Cl)cc5F)n4)CC3)n(Cc3cnco3)c2c1. The molecule has 1 aliphatic heterocycles. The van der Waals surface area contributed by atoms with Crippen molar-refractivity contribution in [3.8, 4) is 5.88 Å². The average molecular weight is 576 g/mol. The van der Waals surface area contributed by atoms with Crippen LogP contribution >= 0.6 is 11.6 Å². The number of aromatic nitrogens is 4. The predicted octanol–water partition coefficient (Wildman–Crippen LogP) is 5.92. The number of fused-ring (bicyclic) bond motifs is 1. The highest BCUT2D eigenvalue weighted by atomic mass is 35.5. The Hall–Kier alpha value is -4.28. The molecule has 1 aliphatic rings. The van der Waals surface area contributed by atoms with Crippen molar-refractivity contribution in [1.82, 2.24) is 24.4 Å². The number of piperidine rings is 1. The zero-order valence-corrected chi connectivity index (χ0v) is 22.8. The monoisotopic (exact) mass is 575 g/mol. The van der Waals surface area contributed by atoms with Crippen molar-refractivity contribution in [3.05, 3.63) is 106 Å². The molecule has 0 bridgehead atoms. The van der Waals surface area contributed by atoms with Crippen molar-refractivity contribution in [2.45, 2.75) is 38.5 Å².